The number of hydrogen-bond donors (Lipinski definition) is 1. The summed E-state index contributed by atoms with van der Waals surface area (Å²) in [4.78, 5) is 19.4. The molecular formula is C14H14N2O2. The van der Waals surface area contributed by atoms with Crippen molar-refractivity contribution in [3.63, 3.8) is 0 Å². The molecule has 0 atom stereocenters. The Morgan fingerprint density at radius 3 is 2.39 bits per heavy atom. The zero-order valence-corrected chi connectivity index (χ0v) is 10.1. The minimum atomic E-state index is -0.925. The lowest BCUT2D eigenvalue weighted by Gasteiger charge is -2.02. The Kier molecular flexibility index (Phi) is 3.67. The molecule has 0 bridgehead atoms. The SMILES string of the molecule is CCCc1cnc(-c2ccc(C(=O)O)cc2)cn1. The highest BCUT2D eigenvalue weighted by Gasteiger charge is 2.04. The van der Waals surface area contributed by atoms with Crippen LogP contribution >= 0.6 is 0 Å². The van der Waals surface area contributed by atoms with Crippen LogP contribution in [0.5, 0.6) is 0 Å². The molecule has 0 aliphatic rings. The molecule has 1 aromatic carbocycles. The summed E-state index contributed by atoms with van der Waals surface area (Å²) in [5, 5.41) is 8.81. The molecule has 0 unspecified atom stereocenters. The lowest BCUT2D eigenvalue weighted by Crippen LogP contribution is -1.96. The van der Waals surface area contributed by atoms with Gasteiger partial charge in [0.25, 0.3) is 0 Å². The Morgan fingerprint density at radius 2 is 1.89 bits per heavy atom. The summed E-state index contributed by atoms with van der Waals surface area (Å²) in [7, 11) is 0. The molecule has 0 spiro atoms. The molecule has 0 saturated heterocycles. The summed E-state index contributed by atoms with van der Waals surface area (Å²) < 4.78 is 0. The fourth-order valence-electron chi connectivity index (χ4n) is 1.67. The first-order chi connectivity index (χ1) is 8.70. The van der Waals surface area contributed by atoms with Gasteiger partial charge in [0.05, 0.1) is 23.1 Å². The Balaban J connectivity index is 2.23. The van der Waals surface area contributed by atoms with Crippen LogP contribution in [0.3, 0.4) is 0 Å². The van der Waals surface area contributed by atoms with Crippen LogP contribution < -0.4 is 0 Å². The number of carboxylic acids is 1. The fourth-order valence-corrected chi connectivity index (χ4v) is 1.67. The van der Waals surface area contributed by atoms with E-state index in [0.29, 0.717) is 0 Å². The molecule has 0 fully saturated rings. The maximum atomic E-state index is 10.7. The van der Waals surface area contributed by atoms with Crippen LogP contribution in [0, 0.1) is 0 Å². The summed E-state index contributed by atoms with van der Waals surface area (Å²) in [6.45, 7) is 2.10. The van der Waals surface area contributed by atoms with Gasteiger partial charge in [0, 0.05) is 11.8 Å². The van der Waals surface area contributed by atoms with Crippen molar-refractivity contribution in [3.8, 4) is 11.3 Å². The van der Waals surface area contributed by atoms with Gasteiger partial charge in [-0.25, -0.2) is 4.79 Å². The monoisotopic (exact) mass is 242 g/mol. The summed E-state index contributed by atoms with van der Waals surface area (Å²) in [5.74, 6) is -0.925. The number of hydrogen-bond acceptors (Lipinski definition) is 3. The lowest BCUT2D eigenvalue weighted by molar-refractivity contribution is 0.0697. The average Bonchev–Trinajstić information content (AvgIpc) is 2.40. The van der Waals surface area contributed by atoms with Gasteiger partial charge >= 0.3 is 5.97 Å². The second-order valence-corrected chi connectivity index (χ2v) is 4.03. The molecule has 1 N–H and O–H groups in total. The molecule has 1 aromatic heterocycles. The van der Waals surface area contributed by atoms with Crippen LogP contribution in [0.25, 0.3) is 11.3 Å². The molecule has 0 amide bonds. The number of aromatic carboxylic acids is 1. The van der Waals surface area contributed by atoms with Crippen LogP contribution in [0.15, 0.2) is 36.7 Å². The molecule has 2 rings (SSSR count). The third kappa shape index (κ3) is 2.71. The number of rotatable bonds is 4. The summed E-state index contributed by atoms with van der Waals surface area (Å²) in [6.07, 6.45) is 5.46. The summed E-state index contributed by atoms with van der Waals surface area (Å²) in [5.41, 5.74) is 2.88. The molecule has 0 radical (unpaired) electrons. The highest BCUT2D eigenvalue weighted by molar-refractivity contribution is 5.88. The largest absolute Gasteiger partial charge is 0.478 e. The number of nitrogens with zero attached hydrogens (tertiary/aromatic N) is 2. The van der Waals surface area contributed by atoms with Crippen molar-refractivity contribution < 1.29 is 9.90 Å². The topological polar surface area (TPSA) is 63.1 Å². The Hall–Kier alpha value is -2.23. The molecule has 4 nitrogen and oxygen atoms in total. The van der Waals surface area contributed by atoms with Gasteiger partial charge in [-0.15, -0.1) is 0 Å². The number of benzene rings is 1. The third-order valence-electron chi connectivity index (χ3n) is 2.64. The lowest BCUT2D eigenvalue weighted by atomic mass is 10.1. The number of aromatic nitrogens is 2. The van der Waals surface area contributed by atoms with Crippen molar-refractivity contribution in [1.82, 2.24) is 9.97 Å². The predicted octanol–water partition coefficient (Wildman–Crippen LogP) is 2.79. The van der Waals surface area contributed by atoms with Gasteiger partial charge in [-0.2, -0.15) is 0 Å². The van der Waals surface area contributed by atoms with E-state index in [-0.39, 0.29) is 5.56 Å². The first kappa shape index (κ1) is 12.2. The number of aryl methyl sites for hydroxylation is 1. The van der Waals surface area contributed by atoms with Crippen LogP contribution in [0.4, 0.5) is 0 Å². The van der Waals surface area contributed by atoms with Gasteiger partial charge in [-0.3, -0.25) is 9.97 Å². The standard InChI is InChI=1S/C14H14N2O2/c1-2-3-12-8-16-13(9-15-12)10-4-6-11(7-5-10)14(17)18/h4-9H,2-3H2,1H3,(H,17,18). The van der Waals surface area contributed by atoms with Crippen LogP contribution in [-0.4, -0.2) is 21.0 Å². The second-order valence-electron chi connectivity index (χ2n) is 4.03. The molecule has 2 aromatic rings. The van der Waals surface area contributed by atoms with Crippen molar-refractivity contribution in [2.24, 2.45) is 0 Å². The van der Waals surface area contributed by atoms with E-state index >= 15 is 0 Å². The zero-order valence-electron chi connectivity index (χ0n) is 10.1. The quantitative estimate of drug-likeness (QED) is 0.895. The molecule has 0 saturated carbocycles. The molecular weight excluding hydrogens is 228 g/mol. The van der Waals surface area contributed by atoms with Gasteiger partial charge in [0.2, 0.25) is 0 Å². The van der Waals surface area contributed by atoms with E-state index in [1.54, 1.807) is 36.7 Å². The smallest absolute Gasteiger partial charge is 0.335 e. The highest BCUT2D eigenvalue weighted by atomic mass is 16.4. The van der Waals surface area contributed by atoms with E-state index in [0.717, 1.165) is 29.8 Å². The van der Waals surface area contributed by atoms with E-state index in [2.05, 4.69) is 16.9 Å². The normalized spacial score (nSPS) is 10.3. The molecule has 1 heterocycles. The van der Waals surface area contributed by atoms with E-state index in [9.17, 15) is 4.79 Å². The maximum Gasteiger partial charge on any atom is 0.335 e. The van der Waals surface area contributed by atoms with Gasteiger partial charge in [0.15, 0.2) is 0 Å². The van der Waals surface area contributed by atoms with E-state index in [1.807, 2.05) is 0 Å². The van der Waals surface area contributed by atoms with Gasteiger partial charge in [-0.05, 0) is 18.6 Å². The van der Waals surface area contributed by atoms with Crippen LogP contribution in [0.1, 0.15) is 29.4 Å². The van der Waals surface area contributed by atoms with Crippen molar-refractivity contribution in [2.45, 2.75) is 19.8 Å². The van der Waals surface area contributed by atoms with Gasteiger partial charge < -0.3 is 5.11 Å². The first-order valence-electron chi connectivity index (χ1n) is 5.85. The van der Waals surface area contributed by atoms with Crippen molar-refractivity contribution in [3.05, 3.63) is 47.9 Å². The van der Waals surface area contributed by atoms with E-state index in [4.69, 9.17) is 5.11 Å². The van der Waals surface area contributed by atoms with Crippen molar-refractivity contribution in [1.29, 1.82) is 0 Å². The fraction of sp³-hybridized carbons (Fsp3) is 0.214. The van der Waals surface area contributed by atoms with E-state index < -0.39 is 5.97 Å². The predicted molar refractivity (Wildman–Crippen MR) is 68.4 cm³/mol. The zero-order chi connectivity index (χ0) is 13.0. The Morgan fingerprint density at radius 1 is 1.17 bits per heavy atom. The number of carboxylic acid groups (broad SMARTS) is 1. The van der Waals surface area contributed by atoms with Gasteiger partial charge in [0.1, 0.15) is 0 Å². The Labute approximate surface area is 105 Å². The van der Waals surface area contributed by atoms with Crippen molar-refractivity contribution >= 4 is 5.97 Å². The first-order valence-corrected chi connectivity index (χ1v) is 5.85. The molecule has 0 aliphatic carbocycles. The maximum absolute atomic E-state index is 10.7. The number of carbonyl (C=O) groups is 1. The van der Waals surface area contributed by atoms with Gasteiger partial charge in [-0.1, -0.05) is 25.5 Å². The van der Waals surface area contributed by atoms with Crippen molar-refractivity contribution in [2.75, 3.05) is 0 Å². The van der Waals surface area contributed by atoms with Crippen LogP contribution in [0.2, 0.25) is 0 Å². The second kappa shape index (κ2) is 5.40. The molecule has 4 heteroatoms. The highest BCUT2D eigenvalue weighted by Crippen LogP contribution is 2.16. The van der Waals surface area contributed by atoms with Crippen LogP contribution in [-0.2, 0) is 6.42 Å². The molecule has 18 heavy (non-hydrogen) atoms. The summed E-state index contributed by atoms with van der Waals surface area (Å²) in [6, 6.07) is 6.62. The average molecular weight is 242 g/mol. The minimum Gasteiger partial charge on any atom is -0.478 e. The Bertz CT molecular complexity index is 533. The third-order valence-corrected chi connectivity index (χ3v) is 2.64. The molecule has 92 valence electrons. The molecule has 0 aliphatic heterocycles. The minimum absolute atomic E-state index is 0.273. The summed E-state index contributed by atoms with van der Waals surface area (Å²) >= 11 is 0. The van der Waals surface area contributed by atoms with E-state index in [1.165, 1.54) is 0 Å².